The molecule has 0 fully saturated rings. The van der Waals surface area contributed by atoms with E-state index in [0.717, 1.165) is 17.3 Å². The third-order valence-corrected chi connectivity index (χ3v) is 2.76. The maximum atomic E-state index is 5.10. The van der Waals surface area contributed by atoms with Crippen LogP contribution in [-0.4, -0.2) is 51.8 Å². The number of ether oxygens (including phenoxy) is 1. The fourth-order valence-corrected chi connectivity index (χ4v) is 1.87. The lowest BCUT2D eigenvalue weighted by atomic mass is 10.2. The first-order valence-corrected chi connectivity index (χ1v) is 6.65. The molecule has 0 aromatic carbocycles. The van der Waals surface area contributed by atoms with E-state index in [1.165, 1.54) is 0 Å². The molecule has 0 radical (unpaired) electrons. The Labute approximate surface area is 144 Å². The number of pyridine rings is 1. The van der Waals surface area contributed by atoms with Crippen LogP contribution in [0.1, 0.15) is 12.5 Å². The van der Waals surface area contributed by atoms with E-state index in [4.69, 9.17) is 4.74 Å². The molecule has 0 saturated carbocycles. The summed E-state index contributed by atoms with van der Waals surface area (Å²) in [6.07, 6.45) is 1.80. The molecule has 1 aromatic heterocycles. The Balaban J connectivity index is 0.00000400. The Morgan fingerprint density at radius 3 is 2.76 bits per heavy atom. The van der Waals surface area contributed by atoms with E-state index < -0.39 is 0 Å². The van der Waals surface area contributed by atoms with Gasteiger partial charge in [-0.05, 0) is 13.0 Å². The highest BCUT2D eigenvalue weighted by Crippen LogP contribution is 2.13. The van der Waals surface area contributed by atoms with Gasteiger partial charge in [0.2, 0.25) is 0 Å². The average molecular weight is 407 g/mol. The number of nitrogens with zero attached hydrogens (tertiary/aromatic N) is 3. The zero-order valence-electron chi connectivity index (χ0n) is 13.4. The van der Waals surface area contributed by atoms with Crippen molar-refractivity contribution < 1.29 is 4.74 Å². The standard InChI is InChI=1S/C14H25N5O.HI/c1-11(10-20-5)18-14(15-2)17-9-12-7-6-8-16-13(12)19(3)4;/h6-8,11H,9-10H2,1-5H3,(H2,15,17,18);1H. The van der Waals surface area contributed by atoms with Crippen molar-refractivity contribution in [1.29, 1.82) is 0 Å². The number of methoxy groups -OCH3 is 1. The van der Waals surface area contributed by atoms with Crippen molar-refractivity contribution in [2.24, 2.45) is 4.99 Å². The number of nitrogens with one attached hydrogen (secondary N) is 2. The highest BCUT2D eigenvalue weighted by atomic mass is 127. The third kappa shape index (κ3) is 6.94. The van der Waals surface area contributed by atoms with Crippen molar-refractivity contribution in [2.75, 3.05) is 39.8 Å². The number of aromatic nitrogens is 1. The number of halogens is 1. The van der Waals surface area contributed by atoms with E-state index in [9.17, 15) is 0 Å². The van der Waals surface area contributed by atoms with Crippen LogP contribution in [-0.2, 0) is 11.3 Å². The van der Waals surface area contributed by atoms with Gasteiger partial charge in [0.1, 0.15) is 5.82 Å². The smallest absolute Gasteiger partial charge is 0.191 e. The summed E-state index contributed by atoms with van der Waals surface area (Å²) in [6.45, 7) is 3.35. The second-order valence-corrected chi connectivity index (χ2v) is 4.81. The third-order valence-electron chi connectivity index (χ3n) is 2.76. The molecule has 2 N–H and O–H groups in total. The number of anilines is 1. The fourth-order valence-electron chi connectivity index (χ4n) is 1.87. The molecule has 0 amide bonds. The van der Waals surface area contributed by atoms with Gasteiger partial charge in [-0.3, -0.25) is 4.99 Å². The quantitative estimate of drug-likeness (QED) is 0.425. The molecule has 1 aromatic rings. The number of hydrogen-bond acceptors (Lipinski definition) is 4. The fraction of sp³-hybridized carbons (Fsp3) is 0.571. The topological polar surface area (TPSA) is 61.8 Å². The summed E-state index contributed by atoms with van der Waals surface area (Å²) in [5.74, 6) is 1.71. The van der Waals surface area contributed by atoms with Crippen molar-refractivity contribution in [3.8, 4) is 0 Å². The minimum absolute atomic E-state index is 0. The van der Waals surface area contributed by atoms with Crippen molar-refractivity contribution in [1.82, 2.24) is 15.6 Å². The summed E-state index contributed by atoms with van der Waals surface area (Å²) >= 11 is 0. The van der Waals surface area contributed by atoms with Gasteiger partial charge in [-0.15, -0.1) is 24.0 Å². The monoisotopic (exact) mass is 407 g/mol. The molecule has 0 saturated heterocycles. The Hall–Kier alpha value is -1.09. The molecule has 0 aliphatic carbocycles. The molecular weight excluding hydrogens is 381 g/mol. The highest BCUT2D eigenvalue weighted by Gasteiger charge is 2.08. The van der Waals surface area contributed by atoms with Gasteiger partial charge in [0.05, 0.1) is 6.61 Å². The molecular formula is C14H26IN5O. The summed E-state index contributed by atoms with van der Waals surface area (Å²) in [4.78, 5) is 10.6. The van der Waals surface area contributed by atoms with Gasteiger partial charge in [0, 0.05) is 52.6 Å². The number of hydrogen-bond donors (Lipinski definition) is 2. The van der Waals surface area contributed by atoms with Crippen molar-refractivity contribution in [3.05, 3.63) is 23.9 Å². The van der Waals surface area contributed by atoms with Crippen molar-refractivity contribution in [3.63, 3.8) is 0 Å². The second-order valence-electron chi connectivity index (χ2n) is 4.81. The van der Waals surface area contributed by atoms with E-state index in [2.05, 4.69) is 26.7 Å². The molecule has 6 nitrogen and oxygen atoms in total. The summed E-state index contributed by atoms with van der Waals surface area (Å²) in [7, 11) is 7.41. The Bertz CT molecular complexity index is 439. The number of guanidine groups is 1. The van der Waals surface area contributed by atoms with Crippen LogP contribution >= 0.6 is 24.0 Å². The molecule has 0 aliphatic heterocycles. The zero-order valence-corrected chi connectivity index (χ0v) is 15.7. The number of aliphatic imine (C=N–C) groups is 1. The predicted octanol–water partition coefficient (Wildman–Crippen LogP) is 1.47. The molecule has 1 unspecified atom stereocenters. The maximum absolute atomic E-state index is 5.10. The first kappa shape index (κ1) is 19.9. The SMILES string of the molecule is CN=C(NCc1cccnc1N(C)C)NC(C)COC.I. The van der Waals surface area contributed by atoms with Crippen LogP contribution in [0.2, 0.25) is 0 Å². The lowest BCUT2D eigenvalue weighted by molar-refractivity contribution is 0.179. The van der Waals surface area contributed by atoms with Crippen LogP contribution in [0.15, 0.2) is 23.3 Å². The zero-order chi connectivity index (χ0) is 15.0. The van der Waals surface area contributed by atoms with Gasteiger partial charge in [-0.1, -0.05) is 6.07 Å². The molecule has 1 heterocycles. The summed E-state index contributed by atoms with van der Waals surface area (Å²) in [6, 6.07) is 4.20. The van der Waals surface area contributed by atoms with Gasteiger partial charge >= 0.3 is 0 Å². The van der Waals surface area contributed by atoms with E-state index in [0.29, 0.717) is 13.2 Å². The highest BCUT2D eigenvalue weighted by molar-refractivity contribution is 14.0. The summed E-state index contributed by atoms with van der Waals surface area (Å²) < 4.78 is 5.10. The average Bonchev–Trinajstić information content (AvgIpc) is 2.43. The molecule has 120 valence electrons. The molecule has 0 bridgehead atoms. The first-order chi connectivity index (χ1) is 9.58. The van der Waals surface area contributed by atoms with Gasteiger partial charge in [-0.25, -0.2) is 4.98 Å². The van der Waals surface area contributed by atoms with Gasteiger partial charge in [0.25, 0.3) is 0 Å². The molecule has 7 heteroatoms. The first-order valence-electron chi connectivity index (χ1n) is 6.65. The maximum Gasteiger partial charge on any atom is 0.191 e. The van der Waals surface area contributed by atoms with Crippen LogP contribution in [0.4, 0.5) is 5.82 Å². The molecule has 1 rings (SSSR count). The minimum atomic E-state index is 0. The molecule has 0 aliphatic rings. The normalized spacial score (nSPS) is 12.3. The Kier molecular flexibility index (Phi) is 10.1. The van der Waals surface area contributed by atoms with Crippen LogP contribution in [0, 0.1) is 0 Å². The van der Waals surface area contributed by atoms with E-state index in [1.807, 2.05) is 32.0 Å². The lowest BCUT2D eigenvalue weighted by Crippen LogP contribution is -2.43. The van der Waals surface area contributed by atoms with Gasteiger partial charge in [0.15, 0.2) is 5.96 Å². The largest absolute Gasteiger partial charge is 0.383 e. The predicted molar refractivity (Wildman–Crippen MR) is 98.7 cm³/mol. The lowest BCUT2D eigenvalue weighted by Gasteiger charge is -2.19. The molecule has 21 heavy (non-hydrogen) atoms. The van der Waals surface area contributed by atoms with E-state index >= 15 is 0 Å². The van der Waals surface area contributed by atoms with Crippen LogP contribution in [0.5, 0.6) is 0 Å². The van der Waals surface area contributed by atoms with Gasteiger partial charge < -0.3 is 20.3 Å². The van der Waals surface area contributed by atoms with Crippen molar-refractivity contribution >= 4 is 35.8 Å². The molecule has 1 atom stereocenters. The molecule has 0 spiro atoms. The number of rotatable bonds is 6. The van der Waals surface area contributed by atoms with Crippen LogP contribution in [0.25, 0.3) is 0 Å². The van der Waals surface area contributed by atoms with Crippen LogP contribution in [0.3, 0.4) is 0 Å². The van der Waals surface area contributed by atoms with E-state index in [1.54, 1.807) is 20.4 Å². The Morgan fingerprint density at radius 2 is 2.19 bits per heavy atom. The summed E-state index contributed by atoms with van der Waals surface area (Å²) in [5, 5.41) is 6.55. The minimum Gasteiger partial charge on any atom is -0.383 e. The van der Waals surface area contributed by atoms with Gasteiger partial charge in [-0.2, -0.15) is 0 Å². The van der Waals surface area contributed by atoms with E-state index in [-0.39, 0.29) is 30.0 Å². The van der Waals surface area contributed by atoms with Crippen LogP contribution < -0.4 is 15.5 Å². The van der Waals surface area contributed by atoms with Crippen molar-refractivity contribution in [2.45, 2.75) is 19.5 Å². The summed E-state index contributed by atoms with van der Waals surface area (Å²) in [5.41, 5.74) is 1.12. The Morgan fingerprint density at radius 1 is 1.48 bits per heavy atom. The second kappa shape index (κ2) is 10.6.